The quantitative estimate of drug-likeness (QED) is 0.921. The Morgan fingerprint density at radius 3 is 2.76 bits per heavy atom. The van der Waals surface area contributed by atoms with Crippen LogP contribution >= 0.6 is 0 Å². The van der Waals surface area contributed by atoms with Crippen molar-refractivity contribution in [2.24, 2.45) is 5.92 Å². The van der Waals surface area contributed by atoms with Crippen molar-refractivity contribution < 1.29 is 9.47 Å². The molecule has 0 amide bonds. The average Bonchev–Trinajstić information content (AvgIpc) is 3.27. The molecular weight excluding hydrogens is 264 g/mol. The van der Waals surface area contributed by atoms with Gasteiger partial charge in [0.15, 0.2) is 11.5 Å². The lowest BCUT2D eigenvalue weighted by molar-refractivity contribution is 0.170. The van der Waals surface area contributed by atoms with Gasteiger partial charge in [0.1, 0.15) is 13.2 Å². The summed E-state index contributed by atoms with van der Waals surface area (Å²) in [6, 6.07) is 7.75. The molecule has 0 aromatic heterocycles. The van der Waals surface area contributed by atoms with Crippen molar-refractivity contribution >= 4 is 0 Å². The fourth-order valence-electron chi connectivity index (χ4n) is 3.62. The number of fused-ring (bicyclic) bond motifs is 1. The largest absolute Gasteiger partial charge is 0.486 e. The summed E-state index contributed by atoms with van der Waals surface area (Å²) in [5.74, 6) is 2.49. The number of nitrogens with zero attached hydrogens (tertiary/aromatic N) is 1. The van der Waals surface area contributed by atoms with Crippen LogP contribution in [0.2, 0.25) is 0 Å². The Kier molecular flexibility index (Phi) is 3.51. The second kappa shape index (κ2) is 5.50. The molecule has 1 saturated carbocycles. The number of nitrogens with one attached hydrogen (secondary N) is 1. The zero-order valence-corrected chi connectivity index (χ0v) is 12.7. The molecule has 3 aliphatic rings. The fraction of sp³-hybridized carbons (Fsp3) is 0.647. The van der Waals surface area contributed by atoms with E-state index in [1.807, 2.05) is 0 Å². The summed E-state index contributed by atoms with van der Waals surface area (Å²) in [4.78, 5) is 2.48. The fourth-order valence-corrected chi connectivity index (χ4v) is 3.62. The van der Waals surface area contributed by atoms with Gasteiger partial charge in [-0.25, -0.2) is 0 Å². The predicted molar refractivity (Wildman–Crippen MR) is 81.9 cm³/mol. The Morgan fingerprint density at radius 1 is 1.14 bits per heavy atom. The number of hydrogen-bond acceptors (Lipinski definition) is 4. The van der Waals surface area contributed by atoms with Gasteiger partial charge in [-0.3, -0.25) is 4.90 Å². The molecule has 1 aromatic carbocycles. The van der Waals surface area contributed by atoms with Crippen molar-refractivity contribution in [3.8, 4) is 11.5 Å². The molecule has 4 nitrogen and oxygen atoms in total. The first kappa shape index (κ1) is 13.4. The number of benzene rings is 1. The van der Waals surface area contributed by atoms with Gasteiger partial charge in [-0.1, -0.05) is 6.07 Å². The van der Waals surface area contributed by atoms with Crippen LogP contribution < -0.4 is 14.8 Å². The minimum Gasteiger partial charge on any atom is -0.486 e. The highest BCUT2D eigenvalue weighted by atomic mass is 16.6. The van der Waals surface area contributed by atoms with E-state index in [-0.39, 0.29) is 0 Å². The van der Waals surface area contributed by atoms with E-state index in [2.05, 4.69) is 35.5 Å². The highest BCUT2D eigenvalue weighted by Gasteiger charge is 2.34. The van der Waals surface area contributed by atoms with Gasteiger partial charge < -0.3 is 14.8 Å². The maximum absolute atomic E-state index is 5.74. The molecule has 2 aliphatic heterocycles. The summed E-state index contributed by atoms with van der Waals surface area (Å²) < 4.78 is 11.4. The zero-order chi connectivity index (χ0) is 14.2. The molecule has 2 atom stereocenters. The lowest BCUT2D eigenvalue weighted by Gasteiger charge is -2.27. The molecule has 1 aromatic rings. The van der Waals surface area contributed by atoms with Crippen LogP contribution in [0.4, 0.5) is 0 Å². The summed E-state index contributed by atoms with van der Waals surface area (Å²) >= 11 is 0. The Morgan fingerprint density at radius 2 is 1.95 bits per heavy atom. The molecule has 1 aliphatic carbocycles. The molecule has 2 fully saturated rings. The number of ether oxygens (including phenoxy) is 2. The third kappa shape index (κ3) is 2.74. The van der Waals surface area contributed by atoms with Gasteiger partial charge in [0.2, 0.25) is 0 Å². The van der Waals surface area contributed by atoms with Crippen molar-refractivity contribution in [1.29, 1.82) is 0 Å². The number of rotatable bonds is 4. The van der Waals surface area contributed by atoms with Crippen LogP contribution in [0.15, 0.2) is 18.2 Å². The highest BCUT2D eigenvalue weighted by Crippen LogP contribution is 2.40. The van der Waals surface area contributed by atoms with E-state index in [0.717, 1.165) is 24.1 Å². The Balaban J connectivity index is 1.54. The average molecular weight is 288 g/mol. The second-order valence-electron chi connectivity index (χ2n) is 6.56. The van der Waals surface area contributed by atoms with E-state index >= 15 is 0 Å². The van der Waals surface area contributed by atoms with Gasteiger partial charge in [0.05, 0.1) is 0 Å². The van der Waals surface area contributed by atoms with E-state index in [1.165, 1.54) is 31.4 Å². The second-order valence-corrected chi connectivity index (χ2v) is 6.56. The van der Waals surface area contributed by atoms with Gasteiger partial charge >= 0.3 is 0 Å². The molecule has 2 heterocycles. The molecular formula is C17H24N2O2. The van der Waals surface area contributed by atoms with E-state index < -0.39 is 0 Å². The highest BCUT2D eigenvalue weighted by molar-refractivity contribution is 5.45. The summed E-state index contributed by atoms with van der Waals surface area (Å²) in [5, 5.41) is 3.70. The first-order chi connectivity index (χ1) is 10.3. The topological polar surface area (TPSA) is 33.7 Å². The van der Waals surface area contributed by atoms with Crippen LogP contribution in [0, 0.1) is 5.92 Å². The molecule has 1 N–H and O–H groups in total. The van der Waals surface area contributed by atoms with Crippen LogP contribution in [0.5, 0.6) is 11.5 Å². The Hall–Kier alpha value is -1.26. The molecule has 21 heavy (non-hydrogen) atoms. The number of likely N-dealkylation sites (tertiary alicyclic amines) is 1. The molecule has 114 valence electrons. The molecule has 0 radical (unpaired) electrons. The van der Waals surface area contributed by atoms with Crippen molar-refractivity contribution in [3.05, 3.63) is 23.8 Å². The Labute approximate surface area is 126 Å². The zero-order valence-electron chi connectivity index (χ0n) is 12.7. The first-order valence-corrected chi connectivity index (χ1v) is 8.14. The third-order valence-corrected chi connectivity index (χ3v) is 4.93. The van der Waals surface area contributed by atoms with Gasteiger partial charge in [-0.05, 0) is 56.5 Å². The third-order valence-electron chi connectivity index (χ3n) is 4.93. The van der Waals surface area contributed by atoms with E-state index in [1.54, 1.807) is 0 Å². The molecule has 0 spiro atoms. The molecule has 1 saturated heterocycles. The molecule has 0 bridgehead atoms. The van der Waals surface area contributed by atoms with Gasteiger partial charge in [-0.2, -0.15) is 0 Å². The van der Waals surface area contributed by atoms with Crippen LogP contribution in [-0.2, 0) is 0 Å². The normalized spacial score (nSPS) is 28.8. The van der Waals surface area contributed by atoms with Gasteiger partial charge in [0.25, 0.3) is 0 Å². The smallest absolute Gasteiger partial charge is 0.161 e. The van der Waals surface area contributed by atoms with Crippen molar-refractivity contribution in [3.63, 3.8) is 0 Å². The lowest BCUT2D eigenvalue weighted by Crippen LogP contribution is -2.29. The molecule has 4 rings (SSSR count). The first-order valence-electron chi connectivity index (χ1n) is 8.14. The maximum atomic E-state index is 5.74. The van der Waals surface area contributed by atoms with Gasteiger partial charge in [-0.15, -0.1) is 0 Å². The van der Waals surface area contributed by atoms with Crippen LogP contribution in [-0.4, -0.2) is 44.3 Å². The molecule has 2 unspecified atom stereocenters. The van der Waals surface area contributed by atoms with E-state index in [4.69, 9.17) is 9.47 Å². The minimum absolute atomic E-state index is 0.493. The Bertz CT molecular complexity index is 516. The summed E-state index contributed by atoms with van der Waals surface area (Å²) in [6.45, 7) is 3.62. The lowest BCUT2D eigenvalue weighted by atomic mass is 9.93. The van der Waals surface area contributed by atoms with Crippen LogP contribution in [0.25, 0.3) is 0 Å². The van der Waals surface area contributed by atoms with Crippen molar-refractivity contribution in [1.82, 2.24) is 10.2 Å². The van der Waals surface area contributed by atoms with Crippen LogP contribution in [0.1, 0.15) is 30.9 Å². The standard InChI is InChI=1S/C17H24N2O2/c1-19-7-6-13(11-18-14-3-4-14)17(19)12-2-5-15-16(10-12)21-9-8-20-15/h2,5,10,13-14,17-18H,3-4,6-9,11H2,1H3. The van der Waals surface area contributed by atoms with Crippen molar-refractivity contribution in [2.45, 2.75) is 31.3 Å². The molecule has 4 heteroatoms. The summed E-state index contributed by atoms with van der Waals surface area (Å²) in [5.41, 5.74) is 1.36. The SMILES string of the molecule is CN1CCC(CNC2CC2)C1c1ccc2c(c1)OCCO2. The van der Waals surface area contributed by atoms with E-state index in [0.29, 0.717) is 25.2 Å². The number of hydrogen-bond donors (Lipinski definition) is 1. The van der Waals surface area contributed by atoms with Crippen molar-refractivity contribution in [2.75, 3.05) is 33.4 Å². The maximum Gasteiger partial charge on any atom is 0.161 e. The summed E-state index contributed by atoms with van der Waals surface area (Å²) in [7, 11) is 2.23. The van der Waals surface area contributed by atoms with Crippen LogP contribution in [0.3, 0.4) is 0 Å². The minimum atomic E-state index is 0.493. The monoisotopic (exact) mass is 288 g/mol. The summed E-state index contributed by atoms with van der Waals surface area (Å²) in [6.07, 6.45) is 3.99. The van der Waals surface area contributed by atoms with E-state index in [9.17, 15) is 0 Å². The predicted octanol–water partition coefficient (Wildman–Crippen LogP) is 2.20. The van der Waals surface area contributed by atoms with Gasteiger partial charge in [0, 0.05) is 18.6 Å².